The van der Waals surface area contributed by atoms with E-state index in [0.717, 1.165) is 5.01 Å². The van der Waals surface area contributed by atoms with Gasteiger partial charge in [0, 0.05) is 0 Å². The summed E-state index contributed by atoms with van der Waals surface area (Å²) in [5.74, 6) is -1.93. The summed E-state index contributed by atoms with van der Waals surface area (Å²) < 4.78 is 0. The van der Waals surface area contributed by atoms with Crippen molar-refractivity contribution < 1.29 is 19.5 Å². The first-order chi connectivity index (χ1) is 5.84. The lowest BCUT2D eigenvalue weighted by molar-refractivity contribution is -0.166. The molecule has 6 nitrogen and oxygen atoms in total. The normalized spacial score (nSPS) is 17.2. The Kier molecular flexibility index (Phi) is 2.09. The van der Waals surface area contributed by atoms with Crippen LogP contribution >= 0.6 is 0 Å². The van der Waals surface area contributed by atoms with Gasteiger partial charge in [0.2, 0.25) is 0 Å². The number of carboxylic acids is 1. The highest BCUT2D eigenvalue weighted by molar-refractivity contribution is 6.14. The maximum atomic E-state index is 10.8. The van der Waals surface area contributed by atoms with Crippen LogP contribution < -0.4 is 5.43 Å². The van der Waals surface area contributed by atoms with Gasteiger partial charge in [-0.05, 0) is 13.8 Å². The minimum atomic E-state index is -1.31. The molecule has 1 aliphatic rings. The number of carbonyl (C=O) groups is 3. The van der Waals surface area contributed by atoms with Gasteiger partial charge in [0.05, 0.1) is 0 Å². The smallest absolute Gasteiger partial charge is 0.325 e. The third-order valence-electron chi connectivity index (χ3n) is 1.73. The number of carboxylic acid groups (broad SMARTS) is 1. The van der Waals surface area contributed by atoms with Gasteiger partial charge in [-0.2, -0.15) is 0 Å². The Bertz CT molecular complexity index is 270. The third kappa shape index (κ3) is 1.67. The Hall–Kier alpha value is -1.43. The van der Waals surface area contributed by atoms with Crippen LogP contribution in [0.2, 0.25) is 0 Å². The predicted molar refractivity (Wildman–Crippen MR) is 41.3 cm³/mol. The van der Waals surface area contributed by atoms with E-state index in [1.165, 1.54) is 13.8 Å². The molecule has 0 radical (unpaired) electrons. The maximum Gasteiger partial charge on any atom is 0.325 e. The van der Waals surface area contributed by atoms with Gasteiger partial charge in [0.15, 0.2) is 0 Å². The summed E-state index contributed by atoms with van der Waals surface area (Å²) in [6.45, 7) is 2.74. The van der Waals surface area contributed by atoms with Crippen molar-refractivity contribution in [2.75, 3.05) is 0 Å². The Morgan fingerprint density at radius 2 is 1.92 bits per heavy atom. The summed E-state index contributed by atoms with van der Waals surface area (Å²) in [6.07, 6.45) is -0.150. The number of rotatable bonds is 3. The van der Waals surface area contributed by atoms with E-state index >= 15 is 0 Å². The standard InChI is InChI=1S/C7H10N2O4/c1-7(2,6(12)13)8-9-4(10)3-5(9)11/h8H,3H2,1-2H3,(H,12,13). The summed E-state index contributed by atoms with van der Waals surface area (Å²) in [5.41, 5.74) is 1.01. The van der Waals surface area contributed by atoms with Crippen molar-refractivity contribution >= 4 is 17.8 Å². The first-order valence-electron chi connectivity index (χ1n) is 3.71. The van der Waals surface area contributed by atoms with E-state index in [4.69, 9.17) is 5.11 Å². The number of imide groups is 1. The minimum Gasteiger partial charge on any atom is -0.480 e. The molecule has 6 heteroatoms. The van der Waals surface area contributed by atoms with Crippen molar-refractivity contribution in [2.24, 2.45) is 0 Å². The van der Waals surface area contributed by atoms with Crippen molar-refractivity contribution in [3.8, 4) is 0 Å². The van der Waals surface area contributed by atoms with E-state index in [2.05, 4.69) is 5.43 Å². The van der Waals surface area contributed by atoms with E-state index in [1.54, 1.807) is 0 Å². The van der Waals surface area contributed by atoms with Crippen LogP contribution in [0.5, 0.6) is 0 Å². The minimum absolute atomic E-state index is 0.150. The Morgan fingerprint density at radius 1 is 1.46 bits per heavy atom. The number of aliphatic carboxylic acids is 1. The fourth-order valence-electron chi connectivity index (χ4n) is 0.787. The number of nitrogens with zero attached hydrogens (tertiary/aromatic N) is 1. The lowest BCUT2D eigenvalue weighted by Gasteiger charge is -2.34. The van der Waals surface area contributed by atoms with Crippen LogP contribution in [0.15, 0.2) is 0 Å². The fourth-order valence-corrected chi connectivity index (χ4v) is 0.787. The van der Waals surface area contributed by atoms with E-state index in [-0.39, 0.29) is 6.42 Å². The molecule has 0 unspecified atom stereocenters. The number of amides is 2. The quantitative estimate of drug-likeness (QED) is 0.441. The highest BCUT2D eigenvalue weighted by atomic mass is 16.4. The largest absolute Gasteiger partial charge is 0.480 e. The highest BCUT2D eigenvalue weighted by Crippen LogP contribution is 2.12. The molecule has 1 rings (SSSR count). The van der Waals surface area contributed by atoms with Gasteiger partial charge in [-0.3, -0.25) is 14.4 Å². The van der Waals surface area contributed by atoms with Crippen LogP contribution in [0, 0.1) is 0 Å². The summed E-state index contributed by atoms with van der Waals surface area (Å²) in [4.78, 5) is 32.2. The summed E-state index contributed by atoms with van der Waals surface area (Å²) in [6, 6.07) is 0. The fraction of sp³-hybridized carbons (Fsp3) is 0.571. The molecule has 13 heavy (non-hydrogen) atoms. The van der Waals surface area contributed by atoms with Crippen LogP contribution in [0.3, 0.4) is 0 Å². The van der Waals surface area contributed by atoms with Crippen molar-refractivity contribution in [1.82, 2.24) is 10.4 Å². The molecule has 1 fully saturated rings. The van der Waals surface area contributed by atoms with E-state index in [9.17, 15) is 14.4 Å². The van der Waals surface area contributed by atoms with Crippen LogP contribution in [-0.2, 0) is 14.4 Å². The average Bonchev–Trinajstić information content (AvgIpc) is 2.01. The highest BCUT2D eigenvalue weighted by Gasteiger charge is 2.40. The third-order valence-corrected chi connectivity index (χ3v) is 1.73. The Balaban J connectivity index is 2.63. The van der Waals surface area contributed by atoms with Crippen LogP contribution in [0.25, 0.3) is 0 Å². The monoisotopic (exact) mass is 186 g/mol. The zero-order valence-electron chi connectivity index (χ0n) is 7.33. The molecule has 0 atom stereocenters. The number of hydrogen-bond donors (Lipinski definition) is 2. The van der Waals surface area contributed by atoms with Gasteiger partial charge in [-0.1, -0.05) is 0 Å². The molecule has 0 aromatic carbocycles. The Labute approximate surface area is 74.5 Å². The van der Waals surface area contributed by atoms with Crippen LogP contribution in [-0.4, -0.2) is 33.4 Å². The summed E-state index contributed by atoms with van der Waals surface area (Å²) in [7, 11) is 0. The van der Waals surface area contributed by atoms with E-state index in [0.29, 0.717) is 0 Å². The molecule has 0 aliphatic carbocycles. The molecule has 0 saturated carbocycles. The van der Waals surface area contributed by atoms with Gasteiger partial charge < -0.3 is 5.11 Å². The number of carbonyl (C=O) groups excluding carboxylic acids is 2. The molecule has 1 saturated heterocycles. The number of β-lactam (4-membered cyclic amide) rings is 2. The van der Waals surface area contributed by atoms with Gasteiger partial charge in [0.25, 0.3) is 11.8 Å². The second-order valence-electron chi connectivity index (χ2n) is 3.34. The van der Waals surface area contributed by atoms with E-state index in [1.807, 2.05) is 0 Å². The number of nitrogens with one attached hydrogen (secondary N) is 1. The Morgan fingerprint density at radius 3 is 2.23 bits per heavy atom. The van der Waals surface area contributed by atoms with Crippen molar-refractivity contribution in [3.63, 3.8) is 0 Å². The molecule has 1 heterocycles. The zero-order valence-corrected chi connectivity index (χ0v) is 7.33. The summed E-state index contributed by atoms with van der Waals surface area (Å²) in [5, 5.41) is 9.40. The second kappa shape index (κ2) is 2.81. The summed E-state index contributed by atoms with van der Waals surface area (Å²) >= 11 is 0. The van der Waals surface area contributed by atoms with Gasteiger partial charge in [-0.15, -0.1) is 0 Å². The SMILES string of the molecule is CC(C)(NN1C(=O)CC1=O)C(=O)O. The first kappa shape index (κ1) is 9.66. The van der Waals surface area contributed by atoms with Crippen molar-refractivity contribution in [1.29, 1.82) is 0 Å². The molecule has 0 bridgehead atoms. The van der Waals surface area contributed by atoms with Crippen molar-refractivity contribution in [3.05, 3.63) is 0 Å². The topological polar surface area (TPSA) is 86.7 Å². The molecule has 72 valence electrons. The van der Waals surface area contributed by atoms with Crippen LogP contribution in [0.1, 0.15) is 20.3 Å². The number of hydrazine groups is 1. The molecular formula is C7H10N2O4. The predicted octanol–water partition coefficient (Wildman–Crippen LogP) is -0.887. The molecular weight excluding hydrogens is 176 g/mol. The zero-order chi connectivity index (χ0) is 10.2. The lowest BCUT2D eigenvalue weighted by Crippen LogP contribution is -2.64. The lowest BCUT2D eigenvalue weighted by atomic mass is 10.1. The first-order valence-corrected chi connectivity index (χ1v) is 3.71. The van der Waals surface area contributed by atoms with Crippen LogP contribution in [0.4, 0.5) is 0 Å². The van der Waals surface area contributed by atoms with Crippen molar-refractivity contribution in [2.45, 2.75) is 25.8 Å². The molecule has 1 aliphatic heterocycles. The number of hydrogen-bond acceptors (Lipinski definition) is 4. The molecule has 0 spiro atoms. The second-order valence-corrected chi connectivity index (χ2v) is 3.34. The molecule has 2 amide bonds. The average molecular weight is 186 g/mol. The maximum absolute atomic E-state index is 10.8. The molecule has 0 aromatic rings. The van der Waals surface area contributed by atoms with Gasteiger partial charge in [-0.25, -0.2) is 10.4 Å². The molecule has 0 aromatic heterocycles. The molecule has 2 N–H and O–H groups in total. The van der Waals surface area contributed by atoms with Gasteiger partial charge in [0.1, 0.15) is 12.0 Å². The van der Waals surface area contributed by atoms with Gasteiger partial charge >= 0.3 is 5.97 Å². The van der Waals surface area contributed by atoms with E-state index < -0.39 is 23.3 Å².